The number of nitrogens with one attached hydrogen (secondary N) is 1. The van der Waals surface area contributed by atoms with Gasteiger partial charge in [-0.05, 0) is 32.9 Å². The molecule has 7 heteroatoms. The number of nitrogens with zero attached hydrogens (tertiary/aromatic N) is 2. The fourth-order valence-corrected chi connectivity index (χ4v) is 1.84. The molecule has 0 aromatic carbocycles. The number of rotatable bonds is 5. The van der Waals surface area contributed by atoms with Gasteiger partial charge < -0.3 is 14.5 Å². The zero-order valence-corrected chi connectivity index (χ0v) is 13.7. The first-order valence-electron chi connectivity index (χ1n) is 6.63. The molecule has 0 spiro atoms. The SMILES string of the molecule is CC[C@H](C)[C@@H](NC(=O)OC(C)(C)C)c1nnc(SC)o1. The molecule has 0 aliphatic heterocycles. The summed E-state index contributed by atoms with van der Waals surface area (Å²) >= 11 is 1.37. The maximum absolute atomic E-state index is 11.9. The monoisotopic (exact) mass is 301 g/mol. The van der Waals surface area contributed by atoms with Crippen molar-refractivity contribution in [1.82, 2.24) is 15.5 Å². The van der Waals surface area contributed by atoms with Gasteiger partial charge in [0, 0.05) is 0 Å². The van der Waals surface area contributed by atoms with E-state index >= 15 is 0 Å². The van der Waals surface area contributed by atoms with E-state index in [1.165, 1.54) is 11.8 Å². The zero-order valence-electron chi connectivity index (χ0n) is 12.9. The third-order valence-electron chi connectivity index (χ3n) is 2.75. The van der Waals surface area contributed by atoms with Gasteiger partial charge in [-0.1, -0.05) is 32.0 Å². The Bertz CT molecular complexity index is 442. The minimum absolute atomic E-state index is 0.165. The standard InChI is InChI=1S/C13H23N3O3S/c1-7-8(2)9(10-15-16-12(18-10)20-6)14-11(17)19-13(3,4)5/h8-9H,7H2,1-6H3,(H,14,17)/t8-,9+/m0/s1. The molecule has 1 aromatic heterocycles. The van der Waals surface area contributed by atoms with Crippen LogP contribution in [0.25, 0.3) is 0 Å². The average molecular weight is 301 g/mol. The summed E-state index contributed by atoms with van der Waals surface area (Å²) in [7, 11) is 0. The number of thioether (sulfide) groups is 1. The van der Waals surface area contributed by atoms with E-state index < -0.39 is 11.7 Å². The van der Waals surface area contributed by atoms with Gasteiger partial charge in [-0.2, -0.15) is 0 Å². The predicted octanol–water partition coefficient (Wildman–Crippen LogP) is 3.40. The Morgan fingerprint density at radius 1 is 1.45 bits per heavy atom. The summed E-state index contributed by atoms with van der Waals surface area (Å²) in [6.45, 7) is 9.53. The van der Waals surface area contributed by atoms with Crippen LogP contribution in [0, 0.1) is 5.92 Å². The number of ether oxygens (including phenoxy) is 1. The molecule has 0 aliphatic rings. The molecule has 1 amide bonds. The van der Waals surface area contributed by atoms with Crippen LogP contribution in [0.1, 0.15) is 53.0 Å². The Morgan fingerprint density at radius 2 is 2.10 bits per heavy atom. The van der Waals surface area contributed by atoms with Crippen molar-refractivity contribution in [3.8, 4) is 0 Å². The Labute approximate surface area is 124 Å². The van der Waals surface area contributed by atoms with Crippen LogP contribution in [0.4, 0.5) is 4.79 Å². The van der Waals surface area contributed by atoms with E-state index in [-0.39, 0.29) is 12.0 Å². The first-order valence-corrected chi connectivity index (χ1v) is 7.86. The molecule has 1 heterocycles. The van der Waals surface area contributed by atoms with Gasteiger partial charge in [0.2, 0.25) is 5.89 Å². The van der Waals surface area contributed by atoms with Gasteiger partial charge in [0.25, 0.3) is 5.22 Å². The molecule has 0 aliphatic carbocycles. The molecule has 0 bridgehead atoms. The molecule has 0 unspecified atom stereocenters. The fourth-order valence-electron chi connectivity index (χ4n) is 1.55. The largest absolute Gasteiger partial charge is 0.444 e. The average Bonchev–Trinajstić information content (AvgIpc) is 2.81. The third kappa shape index (κ3) is 5.03. The van der Waals surface area contributed by atoms with Crippen molar-refractivity contribution in [1.29, 1.82) is 0 Å². The molecular weight excluding hydrogens is 278 g/mol. The Kier molecular flexibility index (Phi) is 5.86. The van der Waals surface area contributed by atoms with E-state index in [0.717, 1.165) is 6.42 Å². The van der Waals surface area contributed by atoms with Crippen molar-refractivity contribution in [3.05, 3.63) is 5.89 Å². The molecule has 0 radical (unpaired) electrons. The highest BCUT2D eigenvalue weighted by Crippen LogP contribution is 2.26. The first-order chi connectivity index (χ1) is 9.26. The molecule has 114 valence electrons. The Balaban J connectivity index is 2.82. The van der Waals surface area contributed by atoms with Crippen molar-refractivity contribution in [2.24, 2.45) is 5.92 Å². The number of hydrogen-bond donors (Lipinski definition) is 1. The summed E-state index contributed by atoms with van der Waals surface area (Å²) in [5.41, 5.74) is -0.538. The van der Waals surface area contributed by atoms with Crippen LogP contribution in [0.3, 0.4) is 0 Å². The van der Waals surface area contributed by atoms with E-state index in [2.05, 4.69) is 15.5 Å². The lowest BCUT2D eigenvalue weighted by atomic mass is 9.99. The number of aromatic nitrogens is 2. The molecule has 0 fully saturated rings. The van der Waals surface area contributed by atoms with E-state index in [9.17, 15) is 4.79 Å². The number of hydrogen-bond acceptors (Lipinski definition) is 6. The lowest BCUT2D eigenvalue weighted by Crippen LogP contribution is -2.37. The highest BCUT2D eigenvalue weighted by Gasteiger charge is 2.28. The van der Waals surface area contributed by atoms with Crippen LogP contribution in [0.15, 0.2) is 9.64 Å². The van der Waals surface area contributed by atoms with Crippen LogP contribution in [0.5, 0.6) is 0 Å². The van der Waals surface area contributed by atoms with Crippen molar-refractivity contribution >= 4 is 17.9 Å². The van der Waals surface area contributed by atoms with Crippen LogP contribution < -0.4 is 5.32 Å². The van der Waals surface area contributed by atoms with Crippen molar-refractivity contribution < 1.29 is 13.9 Å². The quantitative estimate of drug-likeness (QED) is 0.840. The topological polar surface area (TPSA) is 77.2 Å². The Hall–Kier alpha value is -1.24. The van der Waals surface area contributed by atoms with Crippen LogP contribution in [0.2, 0.25) is 0 Å². The summed E-state index contributed by atoms with van der Waals surface area (Å²) in [6, 6.07) is -0.344. The van der Waals surface area contributed by atoms with Gasteiger partial charge in [-0.15, -0.1) is 10.2 Å². The maximum Gasteiger partial charge on any atom is 0.408 e. The minimum atomic E-state index is -0.538. The normalized spacial score (nSPS) is 14.7. The summed E-state index contributed by atoms with van der Waals surface area (Å²) in [6.07, 6.45) is 2.25. The van der Waals surface area contributed by atoms with Gasteiger partial charge in [0.15, 0.2) is 0 Å². The van der Waals surface area contributed by atoms with Crippen LogP contribution >= 0.6 is 11.8 Å². The summed E-state index contributed by atoms with van der Waals surface area (Å²) in [5.74, 6) is 0.576. The minimum Gasteiger partial charge on any atom is -0.444 e. The van der Waals surface area contributed by atoms with Gasteiger partial charge in [-0.25, -0.2) is 4.79 Å². The second kappa shape index (κ2) is 6.97. The van der Waals surface area contributed by atoms with E-state index in [4.69, 9.17) is 9.15 Å². The molecule has 6 nitrogen and oxygen atoms in total. The first kappa shape index (κ1) is 16.8. The summed E-state index contributed by atoms with van der Waals surface area (Å²) < 4.78 is 10.8. The van der Waals surface area contributed by atoms with Crippen molar-refractivity contribution in [2.45, 2.75) is 57.9 Å². The number of carbonyl (C=O) groups excluding carboxylic acids is 1. The summed E-state index contributed by atoms with van der Waals surface area (Å²) in [4.78, 5) is 11.9. The molecule has 1 rings (SSSR count). The van der Waals surface area contributed by atoms with E-state index in [1.807, 2.05) is 40.9 Å². The van der Waals surface area contributed by atoms with Gasteiger partial charge in [-0.3, -0.25) is 0 Å². The highest BCUT2D eigenvalue weighted by molar-refractivity contribution is 7.98. The lowest BCUT2D eigenvalue weighted by Gasteiger charge is -2.24. The smallest absolute Gasteiger partial charge is 0.408 e. The molecule has 20 heavy (non-hydrogen) atoms. The van der Waals surface area contributed by atoms with Crippen molar-refractivity contribution in [3.63, 3.8) is 0 Å². The second-order valence-corrected chi connectivity index (χ2v) is 6.38. The highest BCUT2D eigenvalue weighted by atomic mass is 32.2. The fraction of sp³-hybridized carbons (Fsp3) is 0.769. The second-order valence-electron chi connectivity index (χ2n) is 5.62. The Morgan fingerprint density at radius 3 is 2.55 bits per heavy atom. The van der Waals surface area contributed by atoms with Crippen LogP contribution in [-0.2, 0) is 4.74 Å². The molecular formula is C13H23N3O3S. The molecule has 0 saturated heterocycles. The molecule has 0 saturated carbocycles. The van der Waals surface area contributed by atoms with Gasteiger partial charge in [0.05, 0.1) is 0 Å². The van der Waals surface area contributed by atoms with Gasteiger partial charge >= 0.3 is 6.09 Å². The van der Waals surface area contributed by atoms with Gasteiger partial charge in [0.1, 0.15) is 11.6 Å². The number of alkyl carbamates (subject to hydrolysis) is 1. The van der Waals surface area contributed by atoms with Crippen molar-refractivity contribution in [2.75, 3.05) is 6.26 Å². The van der Waals surface area contributed by atoms with Crippen LogP contribution in [-0.4, -0.2) is 28.1 Å². The molecule has 1 N–H and O–H groups in total. The molecule has 1 aromatic rings. The number of carbonyl (C=O) groups is 1. The van der Waals surface area contributed by atoms with E-state index in [1.54, 1.807) is 0 Å². The predicted molar refractivity (Wildman–Crippen MR) is 77.6 cm³/mol. The molecule has 2 atom stereocenters. The zero-order chi connectivity index (χ0) is 15.3. The lowest BCUT2D eigenvalue weighted by molar-refractivity contribution is 0.0474. The summed E-state index contributed by atoms with van der Waals surface area (Å²) in [5, 5.41) is 11.2. The maximum atomic E-state index is 11.9. The number of amides is 1. The van der Waals surface area contributed by atoms with E-state index in [0.29, 0.717) is 11.1 Å². The third-order valence-corrected chi connectivity index (χ3v) is 3.26.